The van der Waals surface area contributed by atoms with Crippen LogP contribution in [0.1, 0.15) is 22.3 Å². The van der Waals surface area contributed by atoms with Gasteiger partial charge < -0.3 is 9.47 Å². The lowest BCUT2D eigenvalue weighted by molar-refractivity contribution is -0.275. The van der Waals surface area contributed by atoms with Crippen LogP contribution in [0.2, 0.25) is 0 Å². The summed E-state index contributed by atoms with van der Waals surface area (Å²) in [6.45, 7) is 0. The third kappa shape index (κ3) is 3.31. The number of esters is 1. The topological polar surface area (TPSA) is 35.5 Å². The molecule has 0 aliphatic heterocycles. The first kappa shape index (κ1) is 14.2. The van der Waals surface area contributed by atoms with Gasteiger partial charge in [-0.2, -0.15) is 0 Å². The molecule has 0 spiro atoms. The molecule has 0 atom stereocenters. The molecular formula is C10H7F5O3. The molecule has 0 saturated heterocycles. The lowest BCUT2D eigenvalue weighted by Gasteiger charge is -2.15. The van der Waals surface area contributed by atoms with Crippen LogP contribution in [0.25, 0.3) is 0 Å². The standard InChI is InChI=1S/C10H7F5O3/c1-17-9(16)6-4-2-3-5(8(11)12)7(6)18-10(13,14)15/h2-4,8H,1H3. The van der Waals surface area contributed by atoms with Gasteiger partial charge >= 0.3 is 12.3 Å². The van der Waals surface area contributed by atoms with E-state index in [0.29, 0.717) is 0 Å². The Kier molecular flexibility index (Phi) is 4.10. The van der Waals surface area contributed by atoms with Crippen molar-refractivity contribution < 1.29 is 36.2 Å². The highest BCUT2D eigenvalue weighted by Crippen LogP contribution is 2.36. The van der Waals surface area contributed by atoms with E-state index in [9.17, 15) is 26.7 Å². The van der Waals surface area contributed by atoms with E-state index in [0.717, 1.165) is 25.3 Å². The van der Waals surface area contributed by atoms with Gasteiger partial charge in [0, 0.05) is 0 Å². The Bertz CT molecular complexity index is 442. The molecule has 0 aliphatic carbocycles. The van der Waals surface area contributed by atoms with Crippen molar-refractivity contribution in [1.29, 1.82) is 0 Å². The number of rotatable bonds is 3. The lowest BCUT2D eigenvalue weighted by Crippen LogP contribution is -2.20. The highest BCUT2D eigenvalue weighted by molar-refractivity contribution is 5.93. The third-order valence-electron chi connectivity index (χ3n) is 1.90. The van der Waals surface area contributed by atoms with E-state index in [1.54, 1.807) is 0 Å². The molecule has 0 fully saturated rings. The van der Waals surface area contributed by atoms with Crippen LogP contribution in [0.15, 0.2) is 18.2 Å². The molecule has 0 saturated carbocycles. The van der Waals surface area contributed by atoms with Crippen molar-refractivity contribution >= 4 is 5.97 Å². The molecule has 0 aromatic heterocycles. The fourth-order valence-electron chi connectivity index (χ4n) is 1.23. The number of hydrogen-bond acceptors (Lipinski definition) is 3. The van der Waals surface area contributed by atoms with Gasteiger partial charge in [-0.15, -0.1) is 13.2 Å². The second kappa shape index (κ2) is 5.19. The van der Waals surface area contributed by atoms with E-state index in [2.05, 4.69) is 9.47 Å². The smallest absolute Gasteiger partial charge is 0.465 e. The molecule has 0 amide bonds. The zero-order chi connectivity index (χ0) is 13.9. The van der Waals surface area contributed by atoms with Gasteiger partial charge in [-0.05, 0) is 12.1 Å². The van der Waals surface area contributed by atoms with Crippen LogP contribution in [-0.4, -0.2) is 19.4 Å². The van der Waals surface area contributed by atoms with Gasteiger partial charge in [0.05, 0.1) is 12.7 Å². The van der Waals surface area contributed by atoms with Crippen molar-refractivity contribution in [3.8, 4) is 5.75 Å². The Balaban J connectivity index is 3.34. The minimum absolute atomic E-state index is 0.715. The molecule has 3 nitrogen and oxygen atoms in total. The molecule has 8 heteroatoms. The minimum atomic E-state index is -5.19. The van der Waals surface area contributed by atoms with Crippen LogP contribution in [0, 0.1) is 0 Å². The van der Waals surface area contributed by atoms with Crippen molar-refractivity contribution in [3.63, 3.8) is 0 Å². The van der Waals surface area contributed by atoms with Crippen LogP contribution in [0.4, 0.5) is 22.0 Å². The molecule has 0 unspecified atom stereocenters. The first-order valence-electron chi connectivity index (χ1n) is 4.51. The zero-order valence-electron chi connectivity index (χ0n) is 8.92. The van der Waals surface area contributed by atoms with Crippen LogP contribution in [-0.2, 0) is 4.74 Å². The van der Waals surface area contributed by atoms with E-state index < -0.39 is 35.6 Å². The van der Waals surface area contributed by atoms with E-state index in [1.807, 2.05) is 0 Å². The average Bonchev–Trinajstić information content (AvgIpc) is 2.25. The van der Waals surface area contributed by atoms with Gasteiger partial charge in [0.1, 0.15) is 5.56 Å². The fourth-order valence-corrected chi connectivity index (χ4v) is 1.23. The van der Waals surface area contributed by atoms with Crippen LogP contribution < -0.4 is 4.74 Å². The number of alkyl halides is 5. The number of benzene rings is 1. The van der Waals surface area contributed by atoms with Crippen LogP contribution in [0.3, 0.4) is 0 Å². The number of hydrogen-bond donors (Lipinski definition) is 0. The summed E-state index contributed by atoms with van der Waals surface area (Å²) in [7, 11) is 0.911. The van der Waals surface area contributed by atoms with E-state index in [-0.39, 0.29) is 0 Å². The van der Waals surface area contributed by atoms with Crippen molar-refractivity contribution in [2.24, 2.45) is 0 Å². The molecule has 1 rings (SSSR count). The Morgan fingerprint density at radius 2 is 1.89 bits per heavy atom. The summed E-state index contributed by atoms with van der Waals surface area (Å²) in [6.07, 6.45) is -8.40. The number of carbonyl (C=O) groups is 1. The fraction of sp³-hybridized carbons (Fsp3) is 0.300. The highest BCUT2D eigenvalue weighted by Gasteiger charge is 2.35. The predicted octanol–water partition coefficient (Wildman–Crippen LogP) is 3.31. The summed E-state index contributed by atoms with van der Waals surface area (Å²) >= 11 is 0. The van der Waals surface area contributed by atoms with Crippen molar-refractivity contribution in [3.05, 3.63) is 29.3 Å². The Morgan fingerprint density at radius 3 is 2.33 bits per heavy atom. The summed E-state index contributed by atoms with van der Waals surface area (Å²) in [5.41, 5.74) is -1.75. The Morgan fingerprint density at radius 1 is 1.28 bits per heavy atom. The first-order chi connectivity index (χ1) is 8.26. The van der Waals surface area contributed by atoms with Gasteiger partial charge in [0.2, 0.25) is 0 Å². The zero-order valence-corrected chi connectivity index (χ0v) is 8.92. The number of para-hydroxylation sites is 1. The predicted molar refractivity (Wildman–Crippen MR) is 49.4 cm³/mol. The van der Waals surface area contributed by atoms with Gasteiger partial charge in [-0.25, -0.2) is 13.6 Å². The monoisotopic (exact) mass is 270 g/mol. The second-order valence-corrected chi connectivity index (χ2v) is 3.06. The third-order valence-corrected chi connectivity index (χ3v) is 1.90. The first-order valence-corrected chi connectivity index (χ1v) is 4.51. The molecular weight excluding hydrogens is 263 g/mol. The normalized spacial score (nSPS) is 11.5. The van der Waals surface area contributed by atoms with Gasteiger partial charge in [0.15, 0.2) is 5.75 Å². The molecule has 0 N–H and O–H groups in total. The Labute approximate surface area is 98.1 Å². The molecule has 0 radical (unpaired) electrons. The summed E-state index contributed by atoms with van der Waals surface area (Å²) in [4.78, 5) is 11.2. The van der Waals surface area contributed by atoms with E-state index in [4.69, 9.17) is 0 Å². The average molecular weight is 270 g/mol. The van der Waals surface area contributed by atoms with Gasteiger partial charge in [0.25, 0.3) is 6.43 Å². The molecule has 0 heterocycles. The Hall–Kier alpha value is -1.86. The van der Waals surface area contributed by atoms with Crippen LogP contribution >= 0.6 is 0 Å². The molecule has 0 bridgehead atoms. The number of carbonyl (C=O) groups excluding carboxylic acids is 1. The highest BCUT2D eigenvalue weighted by atomic mass is 19.4. The van der Waals surface area contributed by atoms with Gasteiger partial charge in [-0.3, -0.25) is 0 Å². The molecule has 1 aromatic rings. The van der Waals surface area contributed by atoms with Crippen LogP contribution in [0.5, 0.6) is 5.75 Å². The SMILES string of the molecule is COC(=O)c1cccc(C(F)F)c1OC(F)(F)F. The van der Waals surface area contributed by atoms with E-state index >= 15 is 0 Å². The summed E-state index contributed by atoms with van der Waals surface area (Å²) in [5.74, 6) is -2.44. The molecule has 0 aliphatic rings. The summed E-state index contributed by atoms with van der Waals surface area (Å²) in [6, 6.07) is 2.65. The molecule has 100 valence electrons. The minimum Gasteiger partial charge on any atom is -0.465 e. The molecule has 18 heavy (non-hydrogen) atoms. The van der Waals surface area contributed by atoms with Crippen molar-refractivity contribution in [1.82, 2.24) is 0 Å². The quantitative estimate of drug-likeness (QED) is 0.624. The summed E-state index contributed by atoms with van der Waals surface area (Å²) < 4.78 is 69.1. The van der Waals surface area contributed by atoms with E-state index in [1.165, 1.54) is 0 Å². The van der Waals surface area contributed by atoms with Crippen molar-refractivity contribution in [2.45, 2.75) is 12.8 Å². The number of halogens is 5. The maximum Gasteiger partial charge on any atom is 0.573 e. The summed E-state index contributed by atoms with van der Waals surface area (Å²) in [5, 5.41) is 0. The number of ether oxygens (including phenoxy) is 2. The van der Waals surface area contributed by atoms with Gasteiger partial charge in [-0.1, -0.05) is 6.07 Å². The second-order valence-electron chi connectivity index (χ2n) is 3.06. The maximum absolute atomic E-state index is 12.6. The largest absolute Gasteiger partial charge is 0.573 e. The maximum atomic E-state index is 12.6. The van der Waals surface area contributed by atoms with Crippen molar-refractivity contribution in [2.75, 3.05) is 7.11 Å². The molecule has 1 aromatic carbocycles. The lowest BCUT2D eigenvalue weighted by atomic mass is 10.1. The number of methoxy groups -OCH3 is 1.